The first-order valence-corrected chi connectivity index (χ1v) is 10.2. The number of ether oxygens (including phenoxy) is 1. The smallest absolute Gasteiger partial charge is 0.338 e. The minimum absolute atomic E-state index is 0.277. The lowest BCUT2D eigenvalue weighted by Gasteiger charge is -2.30. The van der Waals surface area contributed by atoms with Gasteiger partial charge in [-0.05, 0) is 62.4 Å². The number of piperidine rings is 1. The van der Waals surface area contributed by atoms with Gasteiger partial charge in [0.15, 0.2) is 0 Å². The summed E-state index contributed by atoms with van der Waals surface area (Å²) >= 11 is 0. The molecule has 2 aromatic rings. The molecule has 29 heavy (non-hydrogen) atoms. The van der Waals surface area contributed by atoms with Crippen LogP contribution in [0.2, 0.25) is 0 Å². The van der Waals surface area contributed by atoms with Crippen molar-refractivity contribution in [1.82, 2.24) is 10.6 Å². The second-order valence-corrected chi connectivity index (χ2v) is 7.37. The molecule has 1 fully saturated rings. The van der Waals surface area contributed by atoms with Crippen molar-refractivity contribution in [1.29, 1.82) is 0 Å². The molecule has 0 radical (unpaired) electrons. The normalized spacial score (nSPS) is 18.7. The first kappa shape index (κ1) is 20.9. The molecule has 3 rings (SSSR count). The van der Waals surface area contributed by atoms with E-state index in [0.717, 1.165) is 25.8 Å². The second kappa shape index (κ2) is 10.6. The van der Waals surface area contributed by atoms with Crippen LogP contribution >= 0.6 is 0 Å². The molecule has 1 aliphatic heterocycles. The summed E-state index contributed by atoms with van der Waals surface area (Å²) in [5, 5.41) is 9.23. The van der Waals surface area contributed by atoms with Crippen LogP contribution in [0.25, 0.3) is 0 Å². The monoisotopic (exact) mass is 395 g/mol. The summed E-state index contributed by atoms with van der Waals surface area (Å²) in [6.07, 6.45) is 3.28. The maximum atomic E-state index is 12.2. The van der Waals surface area contributed by atoms with Crippen LogP contribution in [0.3, 0.4) is 0 Å². The highest BCUT2D eigenvalue weighted by atomic mass is 16.5. The van der Waals surface area contributed by atoms with Crippen molar-refractivity contribution < 1.29 is 14.3 Å². The number of carbonyl (C=O) groups excluding carboxylic acids is 2. The highest BCUT2D eigenvalue weighted by molar-refractivity contribution is 5.93. The average molecular weight is 396 g/mol. The molecule has 6 heteroatoms. The lowest BCUT2D eigenvalue weighted by Crippen LogP contribution is -2.47. The van der Waals surface area contributed by atoms with E-state index in [1.165, 1.54) is 5.56 Å². The van der Waals surface area contributed by atoms with E-state index >= 15 is 0 Å². The van der Waals surface area contributed by atoms with E-state index < -0.39 is 5.97 Å². The third-order valence-electron chi connectivity index (χ3n) is 5.13. The molecule has 1 heterocycles. The van der Waals surface area contributed by atoms with Crippen LogP contribution in [-0.2, 0) is 11.2 Å². The standard InChI is InChI=1S/C23H29N3O3/c1-2-29-22(27)19-9-6-10-20(14-19)26-23(28)25-16-21-12-11-18(15-24-21)13-17-7-4-3-5-8-17/h3-10,14,18,21,24H,2,11-13,15-16H2,1H3,(H2,25,26,28)/t18-,21-/m1/s1. The molecule has 3 N–H and O–H groups in total. The van der Waals surface area contributed by atoms with E-state index in [1.807, 2.05) is 6.07 Å². The molecule has 1 saturated heterocycles. The van der Waals surface area contributed by atoms with Gasteiger partial charge in [-0.25, -0.2) is 9.59 Å². The van der Waals surface area contributed by atoms with Gasteiger partial charge in [0.25, 0.3) is 0 Å². The molecule has 2 aromatic carbocycles. The highest BCUT2D eigenvalue weighted by Crippen LogP contribution is 2.19. The number of amides is 2. The summed E-state index contributed by atoms with van der Waals surface area (Å²) in [4.78, 5) is 24.0. The lowest BCUT2D eigenvalue weighted by atomic mass is 9.89. The van der Waals surface area contributed by atoms with Crippen molar-refractivity contribution in [3.63, 3.8) is 0 Å². The summed E-state index contributed by atoms with van der Waals surface area (Å²) < 4.78 is 4.99. The van der Waals surface area contributed by atoms with Crippen molar-refractivity contribution in [2.24, 2.45) is 5.92 Å². The number of rotatable bonds is 7. The first-order valence-electron chi connectivity index (χ1n) is 10.2. The highest BCUT2D eigenvalue weighted by Gasteiger charge is 2.21. The Bertz CT molecular complexity index is 802. The predicted molar refractivity (Wildman–Crippen MR) is 114 cm³/mol. The number of carbonyl (C=O) groups is 2. The van der Waals surface area contributed by atoms with Crippen molar-refractivity contribution >= 4 is 17.7 Å². The summed E-state index contributed by atoms with van der Waals surface area (Å²) in [6.45, 7) is 3.61. The predicted octanol–water partition coefficient (Wildman–Crippen LogP) is 3.60. The SMILES string of the molecule is CCOC(=O)c1cccc(NC(=O)NC[C@H]2CC[C@H](Cc3ccccc3)CN2)c1. The Kier molecular flexibility index (Phi) is 7.64. The molecule has 0 unspecified atom stereocenters. The fourth-order valence-corrected chi connectivity index (χ4v) is 3.60. The molecule has 6 nitrogen and oxygen atoms in total. The number of hydrogen-bond donors (Lipinski definition) is 3. The van der Waals surface area contributed by atoms with E-state index in [0.29, 0.717) is 30.3 Å². The van der Waals surface area contributed by atoms with Gasteiger partial charge in [-0.2, -0.15) is 0 Å². The van der Waals surface area contributed by atoms with E-state index in [9.17, 15) is 9.59 Å². The number of anilines is 1. The van der Waals surface area contributed by atoms with Crippen LogP contribution in [0.15, 0.2) is 54.6 Å². The minimum atomic E-state index is -0.395. The third kappa shape index (κ3) is 6.61. The molecule has 2 amide bonds. The number of benzene rings is 2. The van der Waals surface area contributed by atoms with Gasteiger partial charge in [-0.3, -0.25) is 0 Å². The summed E-state index contributed by atoms with van der Waals surface area (Å²) in [5.74, 6) is 0.237. The average Bonchev–Trinajstić information content (AvgIpc) is 2.74. The Morgan fingerprint density at radius 1 is 1.10 bits per heavy atom. The number of urea groups is 1. The van der Waals surface area contributed by atoms with Gasteiger partial charge in [0.2, 0.25) is 0 Å². The summed E-state index contributed by atoms with van der Waals surface area (Å²) in [5.41, 5.74) is 2.36. The van der Waals surface area contributed by atoms with Crippen LogP contribution in [-0.4, -0.2) is 37.7 Å². The van der Waals surface area contributed by atoms with Gasteiger partial charge in [0, 0.05) is 18.3 Å². The van der Waals surface area contributed by atoms with Crippen LogP contribution in [0.4, 0.5) is 10.5 Å². The molecular formula is C23H29N3O3. The third-order valence-corrected chi connectivity index (χ3v) is 5.13. The van der Waals surface area contributed by atoms with Crippen LogP contribution in [0, 0.1) is 5.92 Å². The van der Waals surface area contributed by atoms with Crippen LogP contribution in [0.1, 0.15) is 35.7 Å². The van der Waals surface area contributed by atoms with E-state index in [1.54, 1.807) is 31.2 Å². The summed E-state index contributed by atoms with van der Waals surface area (Å²) in [7, 11) is 0. The molecule has 2 atom stereocenters. The molecular weight excluding hydrogens is 366 g/mol. The molecule has 0 bridgehead atoms. The largest absolute Gasteiger partial charge is 0.462 e. The zero-order valence-electron chi connectivity index (χ0n) is 16.8. The van der Waals surface area contributed by atoms with Gasteiger partial charge in [0.1, 0.15) is 0 Å². The van der Waals surface area contributed by atoms with Crippen molar-refractivity contribution in [2.75, 3.05) is 25.0 Å². The van der Waals surface area contributed by atoms with Crippen molar-refractivity contribution in [3.05, 3.63) is 65.7 Å². The van der Waals surface area contributed by atoms with Gasteiger partial charge in [-0.15, -0.1) is 0 Å². The van der Waals surface area contributed by atoms with Crippen LogP contribution < -0.4 is 16.0 Å². The van der Waals surface area contributed by atoms with Crippen molar-refractivity contribution in [3.8, 4) is 0 Å². The molecule has 0 saturated carbocycles. The maximum absolute atomic E-state index is 12.2. The van der Waals surface area contributed by atoms with Crippen LogP contribution in [0.5, 0.6) is 0 Å². The second-order valence-electron chi connectivity index (χ2n) is 7.37. The molecule has 0 aliphatic carbocycles. The fraction of sp³-hybridized carbons (Fsp3) is 0.391. The Morgan fingerprint density at radius 3 is 2.66 bits per heavy atom. The summed E-state index contributed by atoms with van der Waals surface area (Å²) in [6, 6.07) is 17.3. The number of nitrogens with one attached hydrogen (secondary N) is 3. The molecule has 0 aromatic heterocycles. The molecule has 1 aliphatic rings. The molecule has 154 valence electrons. The van der Waals surface area contributed by atoms with Crippen molar-refractivity contribution in [2.45, 2.75) is 32.2 Å². The maximum Gasteiger partial charge on any atom is 0.338 e. The van der Waals surface area contributed by atoms with E-state index in [4.69, 9.17) is 4.74 Å². The number of hydrogen-bond acceptors (Lipinski definition) is 4. The molecule has 0 spiro atoms. The quantitative estimate of drug-likeness (QED) is 0.626. The Balaban J connectivity index is 1.39. The minimum Gasteiger partial charge on any atom is -0.462 e. The number of esters is 1. The Morgan fingerprint density at radius 2 is 1.93 bits per heavy atom. The van der Waals surface area contributed by atoms with Gasteiger partial charge < -0.3 is 20.7 Å². The zero-order chi connectivity index (χ0) is 20.5. The Hall–Kier alpha value is -2.86. The van der Waals surface area contributed by atoms with Gasteiger partial charge >= 0.3 is 12.0 Å². The van der Waals surface area contributed by atoms with E-state index in [2.05, 4.69) is 40.2 Å². The fourth-order valence-electron chi connectivity index (χ4n) is 3.60. The topological polar surface area (TPSA) is 79.5 Å². The first-order chi connectivity index (χ1) is 14.1. The Labute approximate surface area is 172 Å². The lowest BCUT2D eigenvalue weighted by molar-refractivity contribution is 0.0526. The zero-order valence-corrected chi connectivity index (χ0v) is 16.8. The van der Waals surface area contributed by atoms with E-state index in [-0.39, 0.29) is 12.1 Å². The van der Waals surface area contributed by atoms with Gasteiger partial charge in [-0.1, -0.05) is 36.4 Å². The van der Waals surface area contributed by atoms with Gasteiger partial charge in [0.05, 0.1) is 12.2 Å².